The van der Waals surface area contributed by atoms with Crippen molar-refractivity contribution in [3.8, 4) is 11.8 Å². The van der Waals surface area contributed by atoms with Gasteiger partial charge in [-0.05, 0) is 45.0 Å². The number of ketones is 1. The minimum atomic E-state index is -0.121. The fourth-order valence-corrected chi connectivity index (χ4v) is 3.20. The summed E-state index contributed by atoms with van der Waals surface area (Å²) >= 11 is 6.07. The highest BCUT2D eigenvalue weighted by Gasteiger charge is 2.19. The minimum absolute atomic E-state index is 0.116. The number of nitriles is 1. The van der Waals surface area contributed by atoms with Crippen molar-refractivity contribution in [2.45, 2.75) is 26.8 Å². The standard InChI is InChI=1S/C19H21ClN2O3/c1-12-7-16(14(3)22(12)13(2)10-24-4)18(23)11-25-19-6-5-15(9-21)8-17(19)20/h5-8,13H,10-11H2,1-4H3. The van der Waals surface area contributed by atoms with E-state index < -0.39 is 0 Å². The number of nitrogens with zero attached hydrogens (tertiary/aromatic N) is 2. The van der Waals surface area contributed by atoms with Crippen molar-refractivity contribution < 1.29 is 14.3 Å². The van der Waals surface area contributed by atoms with E-state index >= 15 is 0 Å². The molecule has 0 aliphatic carbocycles. The van der Waals surface area contributed by atoms with Crippen LogP contribution in [0.15, 0.2) is 24.3 Å². The fourth-order valence-electron chi connectivity index (χ4n) is 2.96. The normalized spacial score (nSPS) is 11.8. The van der Waals surface area contributed by atoms with Gasteiger partial charge in [-0.25, -0.2) is 0 Å². The molecular weight excluding hydrogens is 340 g/mol. The number of rotatable bonds is 7. The van der Waals surface area contributed by atoms with Crippen molar-refractivity contribution in [2.75, 3.05) is 20.3 Å². The zero-order chi connectivity index (χ0) is 18.6. The van der Waals surface area contributed by atoms with Crippen LogP contribution in [0.5, 0.6) is 5.75 Å². The van der Waals surface area contributed by atoms with Crippen molar-refractivity contribution in [2.24, 2.45) is 0 Å². The Bertz CT molecular complexity index is 821. The van der Waals surface area contributed by atoms with E-state index in [4.69, 9.17) is 26.3 Å². The van der Waals surface area contributed by atoms with Crippen LogP contribution in [0.4, 0.5) is 0 Å². The minimum Gasteiger partial charge on any atom is -0.484 e. The largest absolute Gasteiger partial charge is 0.484 e. The Hall–Kier alpha value is -2.29. The van der Waals surface area contributed by atoms with Gasteiger partial charge in [-0.2, -0.15) is 5.26 Å². The third-order valence-electron chi connectivity index (χ3n) is 4.05. The predicted octanol–water partition coefficient (Wildman–Crippen LogP) is 4.10. The van der Waals surface area contributed by atoms with E-state index in [9.17, 15) is 4.79 Å². The summed E-state index contributed by atoms with van der Waals surface area (Å²) in [6.45, 7) is 6.38. The second kappa shape index (κ2) is 8.19. The van der Waals surface area contributed by atoms with Crippen LogP contribution >= 0.6 is 11.6 Å². The first-order valence-electron chi connectivity index (χ1n) is 7.92. The molecular formula is C19H21ClN2O3. The molecule has 2 aromatic rings. The van der Waals surface area contributed by atoms with Gasteiger partial charge in [0.15, 0.2) is 6.61 Å². The molecule has 0 aliphatic rings. The van der Waals surface area contributed by atoms with Gasteiger partial charge in [0.25, 0.3) is 0 Å². The number of methoxy groups -OCH3 is 1. The van der Waals surface area contributed by atoms with Crippen LogP contribution in [0.3, 0.4) is 0 Å². The molecule has 1 heterocycles. The highest BCUT2D eigenvalue weighted by atomic mass is 35.5. The number of carbonyl (C=O) groups excluding carboxylic acids is 1. The number of Topliss-reactive ketones (excluding diaryl/α,β-unsaturated/α-hetero) is 1. The van der Waals surface area contributed by atoms with Crippen molar-refractivity contribution in [1.82, 2.24) is 4.57 Å². The van der Waals surface area contributed by atoms with Crippen LogP contribution in [-0.4, -0.2) is 30.7 Å². The Morgan fingerprint density at radius 2 is 2.08 bits per heavy atom. The smallest absolute Gasteiger partial charge is 0.202 e. The van der Waals surface area contributed by atoms with E-state index in [1.807, 2.05) is 32.9 Å². The van der Waals surface area contributed by atoms with Crippen molar-refractivity contribution in [3.63, 3.8) is 0 Å². The molecule has 2 rings (SSSR count). The molecule has 0 bridgehead atoms. The molecule has 6 heteroatoms. The van der Waals surface area contributed by atoms with Crippen LogP contribution in [0.25, 0.3) is 0 Å². The monoisotopic (exact) mass is 360 g/mol. The Morgan fingerprint density at radius 3 is 2.68 bits per heavy atom. The van der Waals surface area contributed by atoms with Crippen LogP contribution in [0, 0.1) is 25.2 Å². The number of aromatic nitrogens is 1. The first-order valence-corrected chi connectivity index (χ1v) is 8.29. The van der Waals surface area contributed by atoms with E-state index in [-0.39, 0.29) is 18.4 Å². The zero-order valence-electron chi connectivity index (χ0n) is 14.8. The molecule has 1 atom stereocenters. The van der Waals surface area contributed by atoms with E-state index in [0.717, 1.165) is 11.4 Å². The summed E-state index contributed by atoms with van der Waals surface area (Å²) in [4.78, 5) is 12.6. The lowest BCUT2D eigenvalue weighted by Gasteiger charge is -2.17. The maximum atomic E-state index is 12.6. The van der Waals surface area contributed by atoms with Crippen molar-refractivity contribution in [1.29, 1.82) is 5.26 Å². The Morgan fingerprint density at radius 1 is 1.36 bits per heavy atom. The number of carbonyl (C=O) groups is 1. The zero-order valence-corrected chi connectivity index (χ0v) is 15.6. The van der Waals surface area contributed by atoms with E-state index in [1.165, 1.54) is 6.07 Å². The third kappa shape index (κ3) is 4.22. The van der Waals surface area contributed by atoms with Gasteiger partial charge in [0, 0.05) is 24.1 Å². The average molecular weight is 361 g/mol. The fraction of sp³-hybridized carbons (Fsp3) is 0.368. The molecule has 1 unspecified atom stereocenters. The van der Waals surface area contributed by atoms with Crippen molar-refractivity contribution >= 4 is 17.4 Å². The second-order valence-electron chi connectivity index (χ2n) is 5.93. The number of hydrogen-bond acceptors (Lipinski definition) is 4. The molecule has 1 aromatic carbocycles. The molecule has 0 aliphatic heterocycles. The van der Waals surface area contributed by atoms with Crippen LogP contribution in [0.1, 0.15) is 40.3 Å². The average Bonchev–Trinajstić information content (AvgIpc) is 2.88. The maximum absolute atomic E-state index is 12.6. The molecule has 0 N–H and O–H groups in total. The molecule has 5 nitrogen and oxygen atoms in total. The lowest BCUT2D eigenvalue weighted by Crippen LogP contribution is -2.16. The van der Waals surface area contributed by atoms with Crippen LogP contribution in [0.2, 0.25) is 5.02 Å². The number of ether oxygens (including phenoxy) is 2. The summed E-state index contributed by atoms with van der Waals surface area (Å²) in [5.41, 5.74) is 2.97. The van der Waals surface area contributed by atoms with Gasteiger partial charge in [-0.3, -0.25) is 4.79 Å². The molecule has 0 spiro atoms. The predicted molar refractivity (Wildman–Crippen MR) is 96.5 cm³/mol. The molecule has 25 heavy (non-hydrogen) atoms. The van der Waals surface area contributed by atoms with Gasteiger partial charge in [-0.1, -0.05) is 11.6 Å². The summed E-state index contributed by atoms with van der Waals surface area (Å²) in [7, 11) is 1.66. The summed E-state index contributed by atoms with van der Waals surface area (Å²) in [6.07, 6.45) is 0. The summed E-state index contributed by atoms with van der Waals surface area (Å²) in [5, 5.41) is 9.16. The van der Waals surface area contributed by atoms with Crippen LogP contribution in [-0.2, 0) is 4.74 Å². The first-order chi connectivity index (χ1) is 11.9. The number of benzene rings is 1. The Labute approximate surface area is 152 Å². The topological polar surface area (TPSA) is 64.2 Å². The molecule has 0 radical (unpaired) electrons. The summed E-state index contributed by atoms with van der Waals surface area (Å²) in [6, 6.07) is 8.72. The van der Waals surface area contributed by atoms with Gasteiger partial charge in [-0.15, -0.1) is 0 Å². The van der Waals surface area contributed by atoms with E-state index in [2.05, 4.69) is 4.57 Å². The van der Waals surface area contributed by atoms with Gasteiger partial charge in [0.2, 0.25) is 5.78 Å². The SMILES string of the molecule is COCC(C)n1c(C)cc(C(=O)COc2ccc(C#N)cc2Cl)c1C. The summed E-state index contributed by atoms with van der Waals surface area (Å²) < 4.78 is 12.8. The lowest BCUT2D eigenvalue weighted by molar-refractivity contribution is 0.0920. The second-order valence-corrected chi connectivity index (χ2v) is 6.34. The van der Waals surface area contributed by atoms with Crippen LogP contribution < -0.4 is 4.74 Å². The van der Waals surface area contributed by atoms with Gasteiger partial charge in [0.05, 0.1) is 29.3 Å². The highest BCUT2D eigenvalue weighted by Crippen LogP contribution is 2.26. The number of hydrogen-bond donors (Lipinski definition) is 0. The molecule has 132 valence electrons. The molecule has 0 saturated heterocycles. The number of halogens is 1. The van der Waals surface area contributed by atoms with Crippen molar-refractivity contribution in [3.05, 3.63) is 51.8 Å². The number of aryl methyl sites for hydroxylation is 1. The maximum Gasteiger partial charge on any atom is 0.202 e. The van der Waals surface area contributed by atoms with E-state index in [0.29, 0.717) is 28.5 Å². The molecule has 1 aromatic heterocycles. The lowest BCUT2D eigenvalue weighted by atomic mass is 10.1. The van der Waals surface area contributed by atoms with Gasteiger partial charge >= 0.3 is 0 Å². The summed E-state index contributed by atoms with van der Waals surface area (Å²) in [5.74, 6) is 0.264. The Kier molecular flexibility index (Phi) is 6.24. The quantitative estimate of drug-likeness (QED) is 0.697. The Balaban J connectivity index is 2.14. The molecule has 0 saturated carbocycles. The van der Waals surface area contributed by atoms with Gasteiger partial charge in [0.1, 0.15) is 5.75 Å². The van der Waals surface area contributed by atoms with E-state index in [1.54, 1.807) is 19.2 Å². The third-order valence-corrected chi connectivity index (χ3v) is 4.35. The van der Waals surface area contributed by atoms with Gasteiger partial charge < -0.3 is 14.0 Å². The highest BCUT2D eigenvalue weighted by molar-refractivity contribution is 6.32. The molecule has 0 amide bonds. The molecule has 0 fully saturated rings. The first kappa shape index (κ1) is 19.0.